The van der Waals surface area contributed by atoms with E-state index in [4.69, 9.17) is 0 Å². The first-order chi connectivity index (χ1) is 12.8. The number of aryl methyl sites for hydroxylation is 1. The van der Waals surface area contributed by atoms with E-state index in [0.29, 0.717) is 5.92 Å². The van der Waals surface area contributed by atoms with E-state index < -0.39 is 0 Å². The third-order valence-corrected chi connectivity index (χ3v) is 7.61. The first kappa shape index (κ1) is 18.3. The molecule has 1 aliphatic heterocycles. The summed E-state index contributed by atoms with van der Waals surface area (Å²) in [5, 5.41) is 0. The molecule has 1 aliphatic rings. The Kier molecular flexibility index (Phi) is 4.03. The van der Waals surface area contributed by atoms with Gasteiger partial charge in [0.05, 0.1) is 12.6 Å². The Bertz CT molecular complexity index is 1030. The lowest BCUT2D eigenvalue weighted by Crippen LogP contribution is -2.53. The van der Waals surface area contributed by atoms with Gasteiger partial charge in [-0.25, -0.2) is 9.13 Å². The van der Waals surface area contributed by atoms with Crippen LogP contribution in [-0.4, -0.2) is 4.57 Å². The number of fused-ring (bicyclic) bond motifs is 5. The molecule has 0 spiro atoms. The van der Waals surface area contributed by atoms with Gasteiger partial charge in [-0.2, -0.15) is 0 Å². The lowest BCUT2D eigenvalue weighted by Gasteiger charge is -2.47. The molecule has 0 amide bonds. The second kappa shape index (κ2) is 5.95. The third-order valence-electron chi connectivity index (χ3n) is 7.61. The minimum atomic E-state index is 0.0283. The maximum atomic E-state index is 2.67. The van der Waals surface area contributed by atoms with Crippen molar-refractivity contribution in [1.29, 1.82) is 0 Å². The molecule has 27 heavy (non-hydrogen) atoms. The molecule has 0 radical (unpaired) electrons. The van der Waals surface area contributed by atoms with E-state index in [-0.39, 0.29) is 11.0 Å². The monoisotopic (exact) mass is 361 g/mol. The smallest absolute Gasteiger partial charge is 0.225 e. The molecule has 2 nitrogen and oxygen atoms in total. The highest BCUT2D eigenvalue weighted by molar-refractivity contribution is 5.82. The fourth-order valence-corrected chi connectivity index (χ4v) is 5.55. The van der Waals surface area contributed by atoms with Crippen LogP contribution in [0.2, 0.25) is 0 Å². The molecule has 0 fully saturated rings. The summed E-state index contributed by atoms with van der Waals surface area (Å²) < 4.78 is 5.12. The van der Waals surface area contributed by atoms with Gasteiger partial charge in [-0.1, -0.05) is 65.0 Å². The van der Waals surface area contributed by atoms with E-state index in [0.717, 1.165) is 12.8 Å². The first-order valence-electron chi connectivity index (χ1n) is 10.5. The van der Waals surface area contributed by atoms with Crippen LogP contribution in [0.1, 0.15) is 71.4 Å². The molecule has 0 saturated carbocycles. The summed E-state index contributed by atoms with van der Waals surface area (Å²) in [6.45, 7) is 14.2. The molecule has 3 aromatic rings. The summed E-state index contributed by atoms with van der Waals surface area (Å²) in [5.41, 5.74) is 7.20. The minimum Gasteiger partial charge on any atom is -0.225 e. The van der Waals surface area contributed by atoms with Gasteiger partial charge >= 0.3 is 0 Å². The van der Waals surface area contributed by atoms with Crippen LogP contribution >= 0.6 is 0 Å². The van der Waals surface area contributed by atoms with Crippen LogP contribution in [0.25, 0.3) is 22.4 Å². The molecule has 0 N–H and O–H groups in total. The molecule has 0 aliphatic carbocycles. The summed E-state index contributed by atoms with van der Waals surface area (Å²) in [6, 6.07) is 15.9. The quantitative estimate of drug-likeness (QED) is 0.501. The number of hydrogen-bond acceptors (Lipinski definition) is 0. The van der Waals surface area contributed by atoms with Gasteiger partial charge in [-0.3, -0.25) is 0 Å². The van der Waals surface area contributed by atoms with Crippen molar-refractivity contribution in [1.82, 2.24) is 4.57 Å². The van der Waals surface area contributed by atoms with Crippen molar-refractivity contribution >= 4 is 11.0 Å². The largest absolute Gasteiger partial charge is 0.290 e. The van der Waals surface area contributed by atoms with Gasteiger partial charge in [-0.15, -0.1) is 0 Å². The Balaban J connectivity index is 2.25. The number of aromatic nitrogens is 2. The normalized spacial score (nSPS) is 24.3. The van der Waals surface area contributed by atoms with Crippen molar-refractivity contribution in [2.45, 2.75) is 71.3 Å². The Morgan fingerprint density at radius 2 is 1.67 bits per heavy atom. The summed E-state index contributed by atoms with van der Waals surface area (Å²) in [6.07, 6.45) is 2.23. The van der Waals surface area contributed by atoms with Crippen molar-refractivity contribution in [2.24, 2.45) is 7.05 Å². The van der Waals surface area contributed by atoms with E-state index in [1.807, 2.05) is 0 Å². The van der Waals surface area contributed by atoms with Crippen LogP contribution in [0.4, 0.5) is 0 Å². The molecule has 0 saturated heterocycles. The average molecular weight is 362 g/mol. The Hall–Kier alpha value is -2.09. The topological polar surface area (TPSA) is 8.81 Å². The Labute approximate surface area is 163 Å². The molecular weight excluding hydrogens is 328 g/mol. The van der Waals surface area contributed by atoms with Gasteiger partial charge in [-0.05, 0) is 43.4 Å². The van der Waals surface area contributed by atoms with Gasteiger partial charge in [0.1, 0.15) is 5.54 Å². The SMILES string of the molecule is CCC1(C)c2ccccc2-c2n(c3cccc(C(C)C)c3[n+]2C)C1(C)CC. The lowest BCUT2D eigenvalue weighted by molar-refractivity contribution is -0.635. The highest BCUT2D eigenvalue weighted by Crippen LogP contribution is 2.54. The van der Waals surface area contributed by atoms with E-state index in [2.05, 4.69) is 100 Å². The van der Waals surface area contributed by atoms with Gasteiger partial charge < -0.3 is 0 Å². The first-order valence-corrected chi connectivity index (χ1v) is 10.5. The molecule has 2 heteroatoms. The summed E-state index contributed by atoms with van der Waals surface area (Å²) in [7, 11) is 2.25. The Morgan fingerprint density at radius 3 is 2.30 bits per heavy atom. The van der Waals surface area contributed by atoms with Crippen LogP contribution < -0.4 is 4.57 Å². The van der Waals surface area contributed by atoms with Crippen molar-refractivity contribution in [3.05, 3.63) is 53.6 Å². The van der Waals surface area contributed by atoms with Gasteiger partial charge in [0, 0.05) is 11.0 Å². The van der Waals surface area contributed by atoms with Crippen LogP contribution in [0.15, 0.2) is 42.5 Å². The van der Waals surface area contributed by atoms with Crippen molar-refractivity contribution in [3.8, 4) is 11.4 Å². The van der Waals surface area contributed by atoms with Gasteiger partial charge in [0.2, 0.25) is 0 Å². The molecule has 4 rings (SSSR count). The fourth-order valence-electron chi connectivity index (χ4n) is 5.55. The lowest BCUT2D eigenvalue weighted by atomic mass is 9.61. The molecule has 2 aromatic carbocycles. The zero-order chi connectivity index (χ0) is 19.6. The molecular formula is C25H33N2+. The molecule has 2 unspecified atom stereocenters. The molecule has 2 atom stereocenters. The fraction of sp³-hybridized carbons (Fsp3) is 0.480. The number of rotatable bonds is 3. The predicted molar refractivity (Wildman–Crippen MR) is 114 cm³/mol. The van der Waals surface area contributed by atoms with Crippen LogP contribution in [0, 0.1) is 0 Å². The van der Waals surface area contributed by atoms with E-state index in [1.165, 1.54) is 33.5 Å². The number of hydrogen-bond donors (Lipinski definition) is 0. The number of nitrogens with zero attached hydrogens (tertiary/aromatic N) is 2. The van der Waals surface area contributed by atoms with Crippen LogP contribution in [-0.2, 0) is 18.0 Å². The second-order valence-corrected chi connectivity index (χ2v) is 8.95. The third kappa shape index (κ3) is 2.10. The molecule has 142 valence electrons. The Morgan fingerprint density at radius 1 is 0.963 bits per heavy atom. The zero-order valence-corrected chi connectivity index (χ0v) is 17.9. The van der Waals surface area contributed by atoms with E-state index in [9.17, 15) is 0 Å². The summed E-state index contributed by atoms with van der Waals surface area (Å²) in [5.74, 6) is 1.86. The van der Waals surface area contributed by atoms with Crippen molar-refractivity contribution in [3.63, 3.8) is 0 Å². The zero-order valence-electron chi connectivity index (χ0n) is 17.9. The minimum absolute atomic E-state index is 0.0283. The molecule has 1 aromatic heterocycles. The molecule has 2 heterocycles. The van der Waals surface area contributed by atoms with Crippen molar-refractivity contribution in [2.75, 3.05) is 0 Å². The average Bonchev–Trinajstić information content (AvgIpc) is 2.99. The maximum absolute atomic E-state index is 2.67. The van der Waals surface area contributed by atoms with Gasteiger partial charge in [0.15, 0.2) is 11.0 Å². The second-order valence-electron chi connectivity index (χ2n) is 8.95. The van der Waals surface area contributed by atoms with Crippen LogP contribution in [0.5, 0.6) is 0 Å². The highest BCUT2D eigenvalue weighted by Gasteiger charge is 2.56. The number of para-hydroxylation sites is 1. The van der Waals surface area contributed by atoms with Gasteiger partial charge in [0.25, 0.3) is 5.82 Å². The number of benzene rings is 2. The highest BCUT2D eigenvalue weighted by atomic mass is 15.2. The summed E-state index contributed by atoms with van der Waals surface area (Å²) in [4.78, 5) is 0. The van der Waals surface area contributed by atoms with Crippen molar-refractivity contribution < 1.29 is 4.57 Å². The number of imidazole rings is 1. The maximum Gasteiger partial charge on any atom is 0.290 e. The summed E-state index contributed by atoms with van der Waals surface area (Å²) >= 11 is 0. The molecule has 0 bridgehead atoms. The standard InChI is InChI=1S/C25H33N2/c1-8-24(5)20-15-11-10-13-19(20)23-26(7)22-18(17(3)4)14-12-16-21(22)27(23)25(24,6)9-2/h10-17H,8-9H2,1-7H3/q+1. The van der Waals surface area contributed by atoms with E-state index >= 15 is 0 Å². The van der Waals surface area contributed by atoms with Crippen LogP contribution in [0.3, 0.4) is 0 Å². The van der Waals surface area contributed by atoms with E-state index in [1.54, 1.807) is 0 Å². The predicted octanol–water partition coefficient (Wildman–Crippen LogP) is 6.06.